The van der Waals surface area contributed by atoms with Gasteiger partial charge in [-0.25, -0.2) is 9.37 Å². The molecule has 0 unspecified atom stereocenters. The highest BCUT2D eigenvalue weighted by molar-refractivity contribution is 14.1. The maximum absolute atomic E-state index is 13.1. The number of hydrogen-bond donors (Lipinski definition) is 2. The van der Waals surface area contributed by atoms with Crippen LogP contribution >= 0.6 is 22.6 Å². The fraction of sp³-hybridized carbons (Fsp3) is 0.154. The van der Waals surface area contributed by atoms with Gasteiger partial charge in [0.05, 0.1) is 11.4 Å². The van der Waals surface area contributed by atoms with Crippen molar-refractivity contribution >= 4 is 44.0 Å². The molecule has 2 rings (SSSR count). The second-order valence-electron chi connectivity index (χ2n) is 4.12. The van der Waals surface area contributed by atoms with E-state index in [9.17, 15) is 12.8 Å². The summed E-state index contributed by atoms with van der Waals surface area (Å²) in [5.74, 6) is -0.423. The third kappa shape index (κ3) is 3.82. The zero-order valence-corrected chi connectivity index (χ0v) is 14.1. The minimum absolute atomic E-state index is 0.0908. The van der Waals surface area contributed by atoms with Crippen LogP contribution in [0.3, 0.4) is 0 Å². The molecule has 0 atom stereocenters. The van der Waals surface area contributed by atoms with Crippen molar-refractivity contribution in [2.45, 2.75) is 11.9 Å². The molecular formula is C13H13FIN3O2S. The molecule has 0 aliphatic carbocycles. The van der Waals surface area contributed by atoms with Crippen molar-refractivity contribution in [1.82, 2.24) is 4.98 Å². The monoisotopic (exact) mass is 421 g/mol. The molecule has 112 valence electrons. The topological polar surface area (TPSA) is 71.1 Å². The molecule has 0 saturated carbocycles. The van der Waals surface area contributed by atoms with Crippen LogP contribution in [-0.4, -0.2) is 19.9 Å². The molecule has 2 aromatic rings. The van der Waals surface area contributed by atoms with E-state index in [1.807, 2.05) is 29.5 Å². The van der Waals surface area contributed by atoms with Crippen molar-refractivity contribution in [2.24, 2.45) is 0 Å². The molecule has 0 amide bonds. The lowest BCUT2D eigenvalue weighted by Crippen LogP contribution is -2.17. The zero-order chi connectivity index (χ0) is 15.5. The van der Waals surface area contributed by atoms with Crippen LogP contribution in [-0.2, 0) is 10.0 Å². The third-order valence-electron chi connectivity index (χ3n) is 2.57. The fourth-order valence-corrected chi connectivity index (χ4v) is 3.68. The summed E-state index contributed by atoms with van der Waals surface area (Å²) in [6.45, 7) is 2.43. The maximum atomic E-state index is 13.1. The van der Waals surface area contributed by atoms with Crippen LogP contribution in [0.2, 0.25) is 0 Å². The summed E-state index contributed by atoms with van der Waals surface area (Å²) in [4.78, 5) is 3.92. The molecule has 21 heavy (non-hydrogen) atoms. The van der Waals surface area contributed by atoms with Crippen molar-refractivity contribution in [1.29, 1.82) is 0 Å². The van der Waals surface area contributed by atoms with Gasteiger partial charge in [-0.3, -0.25) is 4.72 Å². The Morgan fingerprint density at radius 1 is 1.29 bits per heavy atom. The molecule has 0 aliphatic heterocycles. The van der Waals surface area contributed by atoms with Gasteiger partial charge in [-0.15, -0.1) is 0 Å². The second kappa shape index (κ2) is 6.56. The molecule has 0 bridgehead atoms. The van der Waals surface area contributed by atoms with E-state index in [-0.39, 0.29) is 5.03 Å². The Balaban J connectivity index is 2.39. The quantitative estimate of drug-likeness (QED) is 0.729. The third-order valence-corrected chi connectivity index (χ3v) is 4.78. The summed E-state index contributed by atoms with van der Waals surface area (Å²) in [6.07, 6.45) is 1.41. The Kier molecular flexibility index (Phi) is 4.99. The number of anilines is 2. The Morgan fingerprint density at radius 3 is 2.71 bits per heavy atom. The van der Waals surface area contributed by atoms with Crippen molar-refractivity contribution in [2.75, 3.05) is 16.6 Å². The smallest absolute Gasteiger partial charge is 0.281 e. The van der Waals surface area contributed by atoms with E-state index in [0.29, 0.717) is 21.5 Å². The van der Waals surface area contributed by atoms with E-state index in [0.717, 1.165) is 0 Å². The standard InChI is InChI=1S/C13H13FIN3O2S/c1-2-16-12-4-3-7-17-13(12)21(19,20)18-11-6-5-9(14)8-10(11)15/h3-8,16,18H,2H2,1H3. The predicted octanol–water partition coefficient (Wildman–Crippen LogP) is 3.06. The van der Waals surface area contributed by atoms with Crippen LogP contribution in [0.4, 0.5) is 15.8 Å². The van der Waals surface area contributed by atoms with E-state index < -0.39 is 15.8 Å². The molecule has 1 aromatic heterocycles. The zero-order valence-electron chi connectivity index (χ0n) is 11.1. The average Bonchev–Trinajstić information content (AvgIpc) is 2.43. The van der Waals surface area contributed by atoms with Gasteiger partial charge in [-0.1, -0.05) is 0 Å². The van der Waals surface area contributed by atoms with Gasteiger partial charge in [0.2, 0.25) is 0 Å². The van der Waals surface area contributed by atoms with Crippen molar-refractivity contribution in [3.63, 3.8) is 0 Å². The van der Waals surface area contributed by atoms with E-state index in [2.05, 4.69) is 15.0 Å². The Bertz CT molecular complexity index is 753. The van der Waals surface area contributed by atoms with Gasteiger partial charge in [0.1, 0.15) is 5.82 Å². The molecule has 0 radical (unpaired) electrons. The normalized spacial score (nSPS) is 11.2. The van der Waals surface area contributed by atoms with Crippen LogP contribution in [0.25, 0.3) is 0 Å². The van der Waals surface area contributed by atoms with Gasteiger partial charge in [0.15, 0.2) is 5.03 Å². The van der Waals surface area contributed by atoms with E-state index in [1.165, 1.54) is 24.4 Å². The molecule has 5 nitrogen and oxygen atoms in total. The van der Waals surface area contributed by atoms with Gasteiger partial charge >= 0.3 is 0 Å². The Morgan fingerprint density at radius 2 is 2.05 bits per heavy atom. The van der Waals surface area contributed by atoms with Gasteiger partial charge < -0.3 is 5.32 Å². The first-order valence-corrected chi connectivity index (χ1v) is 8.67. The van der Waals surface area contributed by atoms with Crippen LogP contribution in [0.1, 0.15) is 6.92 Å². The minimum Gasteiger partial charge on any atom is -0.383 e. The highest BCUT2D eigenvalue weighted by Gasteiger charge is 2.21. The summed E-state index contributed by atoms with van der Waals surface area (Å²) in [7, 11) is -3.85. The average molecular weight is 421 g/mol. The molecule has 0 aliphatic rings. The maximum Gasteiger partial charge on any atom is 0.281 e. The number of aromatic nitrogens is 1. The van der Waals surface area contributed by atoms with Crippen LogP contribution < -0.4 is 10.0 Å². The van der Waals surface area contributed by atoms with Crippen LogP contribution in [0.15, 0.2) is 41.6 Å². The highest BCUT2D eigenvalue weighted by atomic mass is 127. The number of sulfonamides is 1. The lowest BCUT2D eigenvalue weighted by Gasteiger charge is -2.12. The molecular weight excluding hydrogens is 408 g/mol. The van der Waals surface area contributed by atoms with E-state index in [4.69, 9.17) is 0 Å². The van der Waals surface area contributed by atoms with Gasteiger partial charge in [0.25, 0.3) is 10.0 Å². The van der Waals surface area contributed by atoms with E-state index in [1.54, 1.807) is 12.1 Å². The number of pyridine rings is 1. The number of rotatable bonds is 5. The fourth-order valence-electron chi connectivity index (χ4n) is 1.70. The minimum atomic E-state index is -3.85. The first kappa shape index (κ1) is 16.0. The van der Waals surface area contributed by atoms with Crippen molar-refractivity contribution in [3.8, 4) is 0 Å². The second-order valence-corrected chi connectivity index (χ2v) is 6.88. The van der Waals surface area contributed by atoms with Crippen LogP contribution in [0, 0.1) is 9.39 Å². The van der Waals surface area contributed by atoms with Gasteiger partial charge in [0, 0.05) is 16.3 Å². The Hall–Kier alpha value is -1.42. The predicted molar refractivity (Wildman–Crippen MR) is 88.3 cm³/mol. The summed E-state index contributed by atoms with van der Waals surface area (Å²) in [5.41, 5.74) is 0.731. The molecule has 0 spiro atoms. The number of benzene rings is 1. The lowest BCUT2D eigenvalue weighted by atomic mass is 10.3. The molecule has 8 heteroatoms. The SMILES string of the molecule is CCNc1cccnc1S(=O)(=O)Nc1ccc(F)cc1I. The summed E-state index contributed by atoms with van der Waals surface area (Å²) in [5, 5.41) is 2.86. The van der Waals surface area contributed by atoms with Gasteiger partial charge in [-0.05, 0) is 59.8 Å². The first-order valence-electron chi connectivity index (χ1n) is 6.11. The number of nitrogens with zero attached hydrogens (tertiary/aromatic N) is 1. The molecule has 1 heterocycles. The highest BCUT2D eigenvalue weighted by Crippen LogP contribution is 2.24. The molecule has 2 N–H and O–H groups in total. The summed E-state index contributed by atoms with van der Waals surface area (Å²) < 4.78 is 40.8. The lowest BCUT2D eigenvalue weighted by molar-refractivity contribution is 0.597. The summed E-state index contributed by atoms with van der Waals surface area (Å²) >= 11 is 1.87. The van der Waals surface area contributed by atoms with E-state index >= 15 is 0 Å². The van der Waals surface area contributed by atoms with Gasteiger partial charge in [-0.2, -0.15) is 8.42 Å². The first-order chi connectivity index (χ1) is 9.94. The van der Waals surface area contributed by atoms with Crippen LogP contribution in [0.5, 0.6) is 0 Å². The molecule has 1 aromatic carbocycles. The molecule has 0 fully saturated rings. The summed E-state index contributed by atoms with van der Waals surface area (Å²) in [6, 6.07) is 7.12. The number of nitrogens with one attached hydrogen (secondary N) is 2. The Labute approximate surface area is 136 Å². The number of hydrogen-bond acceptors (Lipinski definition) is 4. The largest absolute Gasteiger partial charge is 0.383 e. The van der Waals surface area contributed by atoms with Crippen molar-refractivity contribution < 1.29 is 12.8 Å². The number of halogens is 2. The van der Waals surface area contributed by atoms with Crippen molar-refractivity contribution in [3.05, 3.63) is 45.9 Å². The molecule has 0 saturated heterocycles.